The number of hydrogen-bond donors (Lipinski definition) is 0. The van der Waals surface area contributed by atoms with Gasteiger partial charge in [-0.2, -0.15) is 0 Å². The van der Waals surface area contributed by atoms with Crippen molar-refractivity contribution < 1.29 is 13.2 Å². The number of rotatable bonds is 3. The highest BCUT2D eigenvalue weighted by molar-refractivity contribution is 7.90. The summed E-state index contributed by atoms with van der Waals surface area (Å²) in [7, 11) is -2.16. The summed E-state index contributed by atoms with van der Waals surface area (Å²) in [5, 5.41) is 0. The molecule has 0 atom stereocenters. The predicted octanol–water partition coefficient (Wildman–Crippen LogP) is 3.21. The van der Waals surface area contributed by atoms with E-state index < -0.39 is 10.0 Å². The molecule has 0 amide bonds. The van der Waals surface area contributed by atoms with Crippen molar-refractivity contribution in [3.05, 3.63) is 53.3 Å². The SMILES string of the molecule is COc1ccc(S(=O)(=O)n2c(C)nc3ccccc32)c(C)c1C. The van der Waals surface area contributed by atoms with Crippen LogP contribution in [0.3, 0.4) is 0 Å². The van der Waals surface area contributed by atoms with Crippen LogP contribution in [0, 0.1) is 20.8 Å². The molecule has 3 rings (SSSR count). The number of methoxy groups -OCH3 is 1. The summed E-state index contributed by atoms with van der Waals surface area (Å²) in [6.45, 7) is 5.34. The van der Waals surface area contributed by atoms with Crippen LogP contribution in [0.25, 0.3) is 11.0 Å². The van der Waals surface area contributed by atoms with Gasteiger partial charge in [0.05, 0.1) is 23.0 Å². The van der Waals surface area contributed by atoms with Crippen molar-refractivity contribution in [3.63, 3.8) is 0 Å². The van der Waals surface area contributed by atoms with Gasteiger partial charge in [0.15, 0.2) is 0 Å². The van der Waals surface area contributed by atoms with Gasteiger partial charge in [0.25, 0.3) is 10.0 Å². The zero-order valence-corrected chi connectivity index (χ0v) is 14.3. The predicted molar refractivity (Wildman–Crippen MR) is 89.5 cm³/mol. The quantitative estimate of drug-likeness (QED) is 0.740. The van der Waals surface area contributed by atoms with Gasteiger partial charge in [-0.3, -0.25) is 0 Å². The van der Waals surface area contributed by atoms with Gasteiger partial charge in [-0.15, -0.1) is 0 Å². The molecule has 120 valence electrons. The summed E-state index contributed by atoms with van der Waals surface area (Å²) in [4.78, 5) is 4.62. The Kier molecular flexibility index (Phi) is 3.64. The highest BCUT2D eigenvalue weighted by Gasteiger charge is 2.25. The molecule has 0 fully saturated rings. The topological polar surface area (TPSA) is 61.2 Å². The Morgan fingerprint density at radius 3 is 2.39 bits per heavy atom. The highest BCUT2D eigenvalue weighted by Crippen LogP contribution is 2.30. The van der Waals surface area contributed by atoms with Crippen LogP contribution in [0.5, 0.6) is 5.75 Å². The first-order valence-corrected chi connectivity index (χ1v) is 8.65. The van der Waals surface area contributed by atoms with E-state index in [9.17, 15) is 8.42 Å². The molecule has 0 aliphatic heterocycles. The molecule has 1 heterocycles. The molecule has 0 spiro atoms. The Morgan fingerprint density at radius 2 is 1.70 bits per heavy atom. The Morgan fingerprint density at radius 1 is 1.00 bits per heavy atom. The largest absolute Gasteiger partial charge is 0.496 e. The van der Waals surface area contributed by atoms with Crippen LogP contribution in [-0.4, -0.2) is 24.5 Å². The van der Waals surface area contributed by atoms with Crippen molar-refractivity contribution in [3.8, 4) is 5.75 Å². The number of para-hydroxylation sites is 2. The van der Waals surface area contributed by atoms with E-state index in [1.54, 1.807) is 45.2 Å². The minimum absolute atomic E-state index is 0.266. The molecule has 0 radical (unpaired) electrons. The summed E-state index contributed by atoms with van der Waals surface area (Å²) in [6.07, 6.45) is 0. The molecule has 23 heavy (non-hydrogen) atoms. The summed E-state index contributed by atoms with van der Waals surface area (Å²) in [5.41, 5.74) is 2.74. The first-order chi connectivity index (χ1) is 10.9. The number of aryl methyl sites for hydroxylation is 1. The zero-order chi connectivity index (χ0) is 16.8. The molecule has 0 saturated carbocycles. The number of fused-ring (bicyclic) bond motifs is 1. The maximum absolute atomic E-state index is 13.2. The Hall–Kier alpha value is -2.34. The van der Waals surface area contributed by atoms with Gasteiger partial charge in [0, 0.05) is 0 Å². The molecule has 2 aromatic carbocycles. The number of imidazole rings is 1. The van der Waals surface area contributed by atoms with Crippen LogP contribution in [0.15, 0.2) is 41.3 Å². The van der Waals surface area contributed by atoms with E-state index in [0.29, 0.717) is 28.2 Å². The summed E-state index contributed by atoms with van der Waals surface area (Å²) in [6, 6.07) is 10.5. The summed E-state index contributed by atoms with van der Waals surface area (Å²) < 4.78 is 32.9. The molecule has 0 unspecified atom stereocenters. The molecular weight excluding hydrogens is 312 g/mol. The second-order valence-electron chi connectivity index (χ2n) is 5.43. The molecule has 5 nitrogen and oxygen atoms in total. The second kappa shape index (κ2) is 5.38. The maximum Gasteiger partial charge on any atom is 0.269 e. The molecule has 0 N–H and O–H groups in total. The normalized spacial score (nSPS) is 11.8. The monoisotopic (exact) mass is 330 g/mol. The molecule has 3 aromatic rings. The van der Waals surface area contributed by atoms with E-state index in [1.165, 1.54) is 3.97 Å². The van der Waals surface area contributed by atoms with Crippen molar-refractivity contribution in [1.29, 1.82) is 0 Å². The van der Waals surface area contributed by atoms with Gasteiger partial charge in [-0.05, 0) is 56.2 Å². The van der Waals surface area contributed by atoms with E-state index >= 15 is 0 Å². The van der Waals surface area contributed by atoms with Crippen LogP contribution in [-0.2, 0) is 10.0 Å². The number of nitrogens with zero attached hydrogens (tertiary/aromatic N) is 2. The lowest BCUT2D eigenvalue weighted by molar-refractivity contribution is 0.410. The Bertz CT molecular complexity index is 1000. The van der Waals surface area contributed by atoms with Gasteiger partial charge in [0.2, 0.25) is 0 Å². The van der Waals surface area contributed by atoms with Gasteiger partial charge in [0.1, 0.15) is 11.6 Å². The smallest absolute Gasteiger partial charge is 0.269 e. The van der Waals surface area contributed by atoms with E-state index in [0.717, 1.165) is 5.56 Å². The second-order valence-corrected chi connectivity index (χ2v) is 7.19. The molecular formula is C17H18N2O3S. The van der Waals surface area contributed by atoms with Crippen molar-refractivity contribution in [1.82, 2.24) is 8.96 Å². The highest BCUT2D eigenvalue weighted by atomic mass is 32.2. The van der Waals surface area contributed by atoms with Gasteiger partial charge >= 0.3 is 0 Å². The maximum atomic E-state index is 13.2. The lowest BCUT2D eigenvalue weighted by Gasteiger charge is -2.14. The third-order valence-corrected chi connectivity index (χ3v) is 6.04. The number of hydrogen-bond acceptors (Lipinski definition) is 4. The number of aromatic nitrogens is 2. The van der Waals surface area contributed by atoms with Crippen molar-refractivity contribution in [2.75, 3.05) is 7.11 Å². The molecule has 0 saturated heterocycles. The van der Waals surface area contributed by atoms with Crippen LogP contribution >= 0.6 is 0 Å². The first kappa shape index (κ1) is 15.6. The molecule has 6 heteroatoms. The fourth-order valence-corrected chi connectivity index (χ4v) is 4.58. The third-order valence-electron chi connectivity index (χ3n) is 4.10. The minimum atomic E-state index is -3.73. The van der Waals surface area contributed by atoms with E-state index in [1.807, 2.05) is 19.1 Å². The van der Waals surface area contributed by atoms with Crippen LogP contribution < -0.4 is 4.74 Å². The van der Waals surface area contributed by atoms with E-state index in [-0.39, 0.29) is 4.90 Å². The molecule has 0 bridgehead atoms. The lowest BCUT2D eigenvalue weighted by Crippen LogP contribution is -2.16. The molecule has 0 aliphatic carbocycles. The zero-order valence-electron chi connectivity index (χ0n) is 13.5. The standard InChI is InChI=1S/C17H18N2O3S/c1-11-12(2)17(10-9-16(11)22-4)23(20,21)19-13(3)18-14-7-5-6-8-15(14)19/h5-10H,1-4H3. The fraction of sp³-hybridized carbons (Fsp3) is 0.235. The average Bonchev–Trinajstić information content (AvgIpc) is 2.86. The number of ether oxygens (including phenoxy) is 1. The molecule has 1 aromatic heterocycles. The van der Waals surface area contributed by atoms with Crippen molar-refractivity contribution in [2.45, 2.75) is 25.7 Å². The minimum Gasteiger partial charge on any atom is -0.496 e. The molecule has 0 aliphatic rings. The van der Waals surface area contributed by atoms with Crippen LogP contribution in [0.1, 0.15) is 17.0 Å². The van der Waals surface area contributed by atoms with E-state index in [4.69, 9.17) is 4.74 Å². The Balaban J connectivity index is 2.31. The summed E-state index contributed by atoms with van der Waals surface area (Å²) in [5.74, 6) is 1.12. The van der Waals surface area contributed by atoms with Crippen LogP contribution in [0.4, 0.5) is 0 Å². The fourth-order valence-electron chi connectivity index (χ4n) is 2.80. The third kappa shape index (κ3) is 2.30. The van der Waals surface area contributed by atoms with Gasteiger partial charge in [-0.1, -0.05) is 12.1 Å². The van der Waals surface area contributed by atoms with Gasteiger partial charge in [-0.25, -0.2) is 17.4 Å². The van der Waals surface area contributed by atoms with Crippen molar-refractivity contribution >= 4 is 21.1 Å². The average molecular weight is 330 g/mol. The number of benzene rings is 2. The van der Waals surface area contributed by atoms with Gasteiger partial charge < -0.3 is 4.74 Å². The Labute approximate surface area is 135 Å². The van der Waals surface area contributed by atoms with Crippen molar-refractivity contribution in [2.24, 2.45) is 0 Å². The summed E-state index contributed by atoms with van der Waals surface area (Å²) >= 11 is 0. The lowest BCUT2D eigenvalue weighted by atomic mass is 10.1. The van der Waals surface area contributed by atoms with E-state index in [2.05, 4.69) is 4.98 Å². The van der Waals surface area contributed by atoms with Crippen LogP contribution in [0.2, 0.25) is 0 Å². The first-order valence-electron chi connectivity index (χ1n) is 7.21.